The summed E-state index contributed by atoms with van der Waals surface area (Å²) in [5.41, 5.74) is 7.40. The molecule has 23 heavy (non-hydrogen) atoms. The normalized spacial score (nSPS) is 23.7. The van der Waals surface area contributed by atoms with Gasteiger partial charge < -0.3 is 20.7 Å². The monoisotopic (exact) mass is 317 g/mol. The molecule has 0 bridgehead atoms. The highest BCUT2D eigenvalue weighted by Crippen LogP contribution is 2.34. The van der Waals surface area contributed by atoms with Crippen LogP contribution in [0.15, 0.2) is 30.3 Å². The smallest absolute Gasteiger partial charge is 0.317 e. The molecule has 1 aromatic carbocycles. The summed E-state index contributed by atoms with van der Waals surface area (Å²) in [6.07, 6.45) is 4.17. The van der Waals surface area contributed by atoms with Gasteiger partial charge in [-0.1, -0.05) is 30.3 Å². The number of hydrogen-bond acceptors (Lipinski definition) is 3. The quantitative estimate of drug-likeness (QED) is 0.891. The molecule has 2 aliphatic heterocycles. The average Bonchev–Trinajstić information content (AvgIpc) is 3.14. The summed E-state index contributed by atoms with van der Waals surface area (Å²) in [4.78, 5) is 14.2. The maximum atomic E-state index is 12.3. The van der Waals surface area contributed by atoms with Crippen molar-refractivity contribution in [2.45, 2.75) is 37.2 Å². The number of carbonyl (C=O) groups excluding carboxylic acids is 1. The Hall–Kier alpha value is -1.59. The minimum absolute atomic E-state index is 0.00655. The van der Waals surface area contributed by atoms with Crippen molar-refractivity contribution in [3.05, 3.63) is 35.9 Å². The van der Waals surface area contributed by atoms with Crippen molar-refractivity contribution < 1.29 is 9.53 Å². The molecule has 2 heterocycles. The highest BCUT2D eigenvalue weighted by atomic mass is 16.5. The molecule has 1 aromatic rings. The first-order chi connectivity index (χ1) is 11.2. The molecule has 2 saturated heterocycles. The molecule has 2 aliphatic rings. The van der Waals surface area contributed by atoms with Gasteiger partial charge in [-0.2, -0.15) is 0 Å². The third-order valence-electron chi connectivity index (χ3n) is 5.29. The molecule has 2 fully saturated rings. The highest BCUT2D eigenvalue weighted by molar-refractivity contribution is 5.74. The van der Waals surface area contributed by atoms with Crippen LogP contribution in [0.4, 0.5) is 4.79 Å². The summed E-state index contributed by atoms with van der Waals surface area (Å²) in [6.45, 7) is 3.58. The van der Waals surface area contributed by atoms with E-state index in [1.807, 2.05) is 11.0 Å². The molecular weight excluding hydrogens is 290 g/mol. The molecule has 0 aromatic heterocycles. The zero-order valence-corrected chi connectivity index (χ0v) is 13.7. The predicted octanol–water partition coefficient (Wildman–Crippen LogP) is 1.87. The topological polar surface area (TPSA) is 67.6 Å². The molecule has 2 amide bonds. The SMILES string of the molecule is NCC1(c2ccccc2)CCN(C(=O)NCC2CCCO2)CC1. The molecule has 3 N–H and O–H groups in total. The van der Waals surface area contributed by atoms with Gasteiger partial charge in [-0.05, 0) is 31.2 Å². The number of carbonyl (C=O) groups is 1. The van der Waals surface area contributed by atoms with Crippen LogP contribution in [-0.2, 0) is 10.2 Å². The van der Waals surface area contributed by atoms with Gasteiger partial charge in [0.05, 0.1) is 6.10 Å². The first-order valence-corrected chi connectivity index (χ1v) is 8.63. The van der Waals surface area contributed by atoms with E-state index in [1.165, 1.54) is 5.56 Å². The van der Waals surface area contributed by atoms with Crippen molar-refractivity contribution in [2.24, 2.45) is 5.73 Å². The lowest BCUT2D eigenvalue weighted by molar-refractivity contribution is 0.106. The number of nitrogens with two attached hydrogens (primary N) is 1. The molecule has 1 unspecified atom stereocenters. The van der Waals surface area contributed by atoms with Gasteiger partial charge in [0.25, 0.3) is 0 Å². The third-order valence-corrected chi connectivity index (χ3v) is 5.29. The number of piperidine rings is 1. The molecule has 0 aliphatic carbocycles. The van der Waals surface area contributed by atoms with Crippen molar-refractivity contribution in [3.63, 3.8) is 0 Å². The zero-order chi connectivity index (χ0) is 16.1. The Kier molecular flexibility index (Phi) is 5.18. The van der Waals surface area contributed by atoms with Gasteiger partial charge in [0, 0.05) is 38.2 Å². The van der Waals surface area contributed by atoms with E-state index >= 15 is 0 Å². The lowest BCUT2D eigenvalue weighted by atomic mass is 9.73. The van der Waals surface area contributed by atoms with E-state index in [-0.39, 0.29) is 17.6 Å². The molecule has 3 rings (SSSR count). The van der Waals surface area contributed by atoms with Crippen LogP contribution in [0.2, 0.25) is 0 Å². The van der Waals surface area contributed by atoms with E-state index < -0.39 is 0 Å². The van der Waals surface area contributed by atoms with E-state index in [0.29, 0.717) is 13.1 Å². The summed E-state index contributed by atoms with van der Waals surface area (Å²) in [7, 11) is 0. The average molecular weight is 317 g/mol. The zero-order valence-electron chi connectivity index (χ0n) is 13.7. The summed E-state index contributed by atoms with van der Waals surface area (Å²) >= 11 is 0. The second-order valence-electron chi connectivity index (χ2n) is 6.66. The fourth-order valence-electron chi connectivity index (χ4n) is 3.66. The Labute approximate surface area is 138 Å². The van der Waals surface area contributed by atoms with Crippen molar-refractivity contribution >= 4 is 6.03 Å². The van der Waals surface area contributed by atoms with Crippen LogP contribution in [0.3, 0.4) is 0 Å². The molecular formula is C18H27N3O2. The van der Waals surface area contributed by atoms with Crippen LogP contribution in [0.25, 0.3) is 0 Å². The fourth-order valence-corrected chi connectivity index (χ4v) is 3.66. The van der Waals surface area contributed by atoms with Crippen LogP contribution < -0.4 is 11.1 Å². The molecule has 0 spiro atoms. The maximum absolute atomic E-state index is 12.3. The van der Waals surface area contributed by atoms with Gasteiger partial charge >= 0.3 is 6.03 Å². The van der Waals surface area contributed by atoms with Crippen molar-refractivity contribution in [2.75, 3.05) is 32.8 Å². The number of likely N-dealkylation sites (tertiary alicyclic amines) is 1. The van der Waals surface area contributed by atoms with Crippen LogP contribution >= 0.6 is 0 Å². The van der Waals surface area contributed by atoms with Gasteiger partial charge in [-0.25, -0.2) is 4.79 Å². The second kappa shape index (κ2) is 7.32. The fraction of sp³-hybridized carbons (Fsp3) is 0.611. The van der Waals surface area contributed by atoms with E-state index in [4.69, 9.17) is 10.5 Å². The molecule has 0 saturated carbocycles. The number of hydrogen-bond donors (Lipinski definition) is 2. The van der Waals surface area contributed by atoms with Crippen LogP contribution in [-0.4, -0.2) is 49.8 Å². The summed E-state index contributed by atoms with van der Waals surface area (Å²) in [5, 5.41) is 3.01. The predicted molar refractivity (Wildman–Crippen MR) is 90.4 cm³/mol. The van der Waals surface area contributed by atoms with Crippen molar-refractivity contribution in [3.8, 4) is 0 Å². The minimum Gasteiger partial charge on any atom is -0.376 e. The Morgan fingerprint density at radius 2 is 2.04 bits per heavy atom. The van der Waals surface area contributed by atoms with Crippen LogP contribution in [0.1, 0.15) is 31.2 Å². The largest absolute Gasteiger partial charge is 0.376 e. The molecule has 0 radical (unpaired) electrons. The van der Waals surface area contributed by atoms with E-state index in [9.17, 15) is 4.79 Å². The molecule has 5 heteroatoms. The summed E-state index contributed by atoms with van der Waals surface area (Å²) in [6, 6.07) is 10.5. The molecule has 5 nitrogen and oxygen atoms in total. The van der Waals surface area contributed by atoms with E-state index in [0.717, 1.165) is 45.4 Å². The molecule has 1 atom stereocenters. The Morgan fingerprint density at radius 1 is 1.30 bits per heavy atom. The Balaban J connectivity index is 1.53. The Bertz CT molecular complexity index is 506. The second-order valence-corrected chi connectivity index (χ2v) is 6.66. The number of ether oxygens (including phenoxy) is 1. The number of nitrogens with one attached hydrogen (secondary N) is 1. The maximum Gasteiger partial charge on any atom is 0.317 e. The highest BCUT2D eigenvalue weighted by Gasteiger charge is 2.36. The van der Waals surface area contributed by atoms with Crippen LogP contribution in [0.5, 0.6) is 0 Å². The minimum atomic E-state index is 0.00655. The van der Waals surface area contributed by atoms with Gasteiger partial charge in [-0.3, -0.25) is 0 Å². The van der Waals surface area contributed by atoms with Gasteiger partial charge in [0.1, 0.15) is 0 Å². The first kappa shape index (κ1) is 16.3. The lowest BCUT2D eigenvalue weighted by Gasteiger charge is -2.41. The number of urea groups is 1. The Morgan fingerprint density at radius 3 is 2.65 bits per heavy atom. The van der Waals surface area contributed by atoms with Crippen LogP contribution in [0, 0.1) is 0 Å². The lowest BCUT2D eigenvalue weighted by Crippen LogP contribution is -2.51. The van der Waals surface area contributed by atoms with Crippen molar-refractivity contribution in [1.82, 2.24) is 10.2 Å². The number of benzene rings is 1. The van der Waals surface area contributed by atoms with Gasteiger partial charge in [0.15, 0.2) is 0 Å². The number of rotatable bonds is 4. The summed E-state index contributed by atoms with van der Waals surface area (Å²) in [5.74, 6) is 0. The molecule has 126 valence electrons. The number of amides is 2. The van der Waals surface area contributed by atoms with Crippen molar-refractivity contribution in [1.29, 1.82) is 0 Å². The first-order valence-electron chi connectivity index (χ1n) is 8.63. The standard InChI is InChI=1S/C18H27N3O2/c19-14-18(15-5-2-1-3-6-15)8-10-21(11-9-18)17(22)20-13-16-7-4-12-23-16/h1-3,5-6,16H,4,7-14,19H2,(H,20,22). The van der Waals surface area contributed by atoms with Gasteiger partial charge in [0.2, 0.25) is 0 Å². The van der Waals surface area contributed by atoms with E-state index in [1.54, 1.807) is 0 Å². The van der Waals surface area contributed by atoms with Gasteiger partial charge in [-0.15, -0.1) is 0 Å². The van der Waals surface area contributed by atoms with E-state index in [2.05, 4.69) is 29.6 Å². The number of nitrogens with zero attached hydrogens (tertiary/aromatic N) is 1. The third kappa shape index (κ3) is 3.67. The summed E-state index contributed by atoms with van der Waals surface area (Å²) < 4.78 is 5.55.